The molecule has 0 unspecified atom stereocenters. The molecule has 0 bridgehead atoms. The van der Waals surface area contributed by atoms with Crippen molar-refractivity contribution in [3.8, 4) is 11.3 Å². The Bertz CT molecular complexity index is 1200. The first-order valence-corrected chi connectivity index (χ1v) is 8.74. The molecule has 29 heavy (non-hydrogen) atoms. The van der Waals surface area contributed by atoms with Gasteiger partial charge in [0.25, 0.3) is 11.6 Å². The minimum Gasteiger partial charge on any atom is -0.452 e. The number of pyridine rings is 1. The average molecular weight is 392 g/mol. The number of aryl methyl sites for hydroxylation is 2. The first-order chi connectivity index (χ1) is 14.0. The number of carbonyl (C=O) groups is 2. The van der Waals surface area contributed by atoms with Crippen LogP contribution < -0.4 is 5.32 Å². The van der Waals surface area contributed by atoms with Crippen LogP contribution in [0, 0.1) is 13.8 Å². The molecule has 4 rings (SSSR count). The van der Waals surface area contributed by atoms with Gasteiger partial charge in [0, 0.05) is 11.6 Å². The first-order valence-electron chi connectivity index (χ1n) is 8.74. The SMILES string of the molecule is Cc1cc(NC(=O)COC(=O)c2cc(-c3ccccc3)nc3onc(C)c23)no1. The second kappa shape index (κ2) is 7.55. The van der Waals surface area contributed by atoms with Crippen molar-refractivity contribution in [2.75, 3.05) is 11.9 Å². The summed E-state index contributed by atoms with van der Waals surface area (Å²) in [5.41, 5.74) is 2.28. The highest BCUT2D eigenvalue weighted by molar-refractivity contribution is 6.05. The number of hydrogen-bond acceptors (Lipinski definition) is 8. The van der Waals surface area contributed by atoms with Gasteiger partial charge in [-0.05, 0) is 19.9 Å². The van der Waals surface area contributed by atoms with Crippen molar-refractivity contribution in [2.24, 2.45) is 0 Å². The third-order valence-electron chi connectivity index (χ3n) is 4.14. The molecule has 1 aromatic carbocycles. The molecule has 0 aliphatic heterocycles. The predicted molar refractivity (Wildman–Crippen MR) is 102 cm³/mol. The summed E-state index contributed by atoms with van der Waals surface area (Å²) in [5.74, 6) is -0.432. The average Bonchev–Trinajstić information content (AvgIpc) is 3.31. The number of fused-ring (bicyclic) bond motifs is 1. The van der Waals surface area contributed by atoms with Crippen LogP contribution in [-0.4, -0.2) is 33.8 Å². The molecule has 1 amide bonds. The molecule has 0 fully saturated rings. The molecule has 0 radical (unpaired) electrons. The van der Waals surface area contributed by atoms with Gasteiger partial charge in [-0.1, -0.05) is 40.6 Å². The van der Waals surface area contributed by atoms with Crippen molar-refractivity contribution in [3.63, 3.8) is 0 Å². The standard InChI is InChI=1S/C20H16N4O5/c1-11-8-16(24-28-11)22-17(25)10-27-20(26)14-9-15(13-6-4-3-5-7-13)21-19-18(14)12(2)23-29-19/h3-9H,10H2,1-2H3,(H,22,24,25). The van der Waals surface area contributed by atoms with Crippen molar-refractivity contribution in [1.82, 2.24) is 15.3 Å². The fourth-order valence-corrected chi connectivity index (χ4v) is 2.83. The number of carbonyl (C=O) groups excluding carboxylic acids is 2. The second-order valence-electron chi connectivity index (χ2n) is 6.32. The van der Waals surface area contributed by atoms with Crippen LogP contribution in [0.1, 0.15) is 21.8 Å². The lowest BCUT2D eigenvalue weighted by Crippen LogP contribution is -2.21. The van der Waals surface area contributed by atoms with Crippen molar-refractivity contribution in [2.45, 2.75) is 13.8 Å². The normalized spacial score (nSPS) is 10.8. The number of anilines is 1. The summed E-state index contributed by atoms with van der Waals surface area (Å²) in [5, 5.41) is 10.5. The number of hydrogen-bond donors (Lipinski definition) is 1. The van der Waals surface area contributed by atoms with Gasteiger partial charge in [0.15, 0.2) is 12.4 Å². The van der Waals surface area contributed by atoms with Crippen LogP contribution in [0.4, 0.5) is 5.82 Å². The molecule has 4 aromatic rings. The monoisotopic (exact) mass is 392 g/mol. The Morgan fingerprint density at radius 3 is 2.59 bits per heavy atom. The van der Waals surface area contributed by atoms with Crippen LogP contribution in [0.2, 0.25) is 0 Å². The molecule has 0 aliphatic carbocycles. The van der Waals surface area contributed by atoms with Crippen molar-refractivity contribution in [3.05, 3.63) is 59.5 Å². The summed E-state index contributed by atoms with van der Waals surface area (Å²) in [6.07, 6.45) is 0. The number of benzene rings is 1. The number of esters is 1. The Kier molecular flexibility index (Phi) is 4.78. The zero-order chi connectivity index (χ0) is 20.4. The zero-order valence-electron chi connectivity index (χ0n) is 15.6. The molecule has 0 spiro atoms. The maximum Gasteiger partial charge on any atom is 0.339 e. The topological polar surface area (TPSA) is 120 Å². The van der Waals surface area contributed by atoms with Gasteiger partial charge in [0.2, 0.25) is 0 Å². The van der Waals surface area contributed by atoms with E-state index < -0.39 is 18.5 Å². The Hall–Kier alpha value is -4.01. The van der Waals surface area contributed by atoms with E-state index in [1.807, 2.05) is 30.3 Å². The minimum absolute atomic E-state index is 0.220. The molecule has 0 aliphatic rings. The lowest BCUT2D eigenvalue weighted by Gasteiger charge is -2.07. The highest BCUT2D eigenvalue weighted by Gasteiger charge is 2.21. The minimum atomic E-state index is -0.688. The summed E-state index contributed by atoms with van der Waals surface area (Å²) in [6.45, 7) is 2.91. The van der Waals surface area contributed by atoms with Crippen LogP contribution in [0.15, 0.2) is 51.5 Å². The summed E-state index contributed by atoms with van der Waals surface area (Å²) in [6, 6.07) is 12.5. The highest BCUT2D eigenvalue weighted by Crippen LogP contribution is 2.27. The quantitative estimate of drug-likeness (QED) is 0.514. The molecule has 0 saturated carbocycles. The number of rotatable bonds is 5. The maximum atomic E-state index is 12.7. The van der Waals surface area contributed by atoms with E-state index in [0.29, 0.717) is 22.5 Å². The molecule has 0 saturated heterocycles. The van der Waals surface area contributed by atoms with Gasteiger partial charge in [0.05, 0.1) is 22.3 Å². The third-order valence-corrected chi connectivity index (χ3v) is 4.14. The van der Waals surface area contributed by atoms with E-state index >= 15 is 0 Å². The molecular weight excluding hydrogens is 376 g/mol. The molecule has 1 N–H and O–H groups in total. The second-order valence-corrected chi connectivity index (χ2v) is 6.32. The van der Waals surface area contributed by atoms with Gasteiger partial charge in [-0.3, -0.25) is 4.79 Å². The molecule has 0 atom stereocenters. The van der Waals surface area contributed by atoms with Gasteiger partial charge in [-0.2, -0.15) is 0 Å². The number of amides is 1. The maximum absolute atomic E-state index is 12.7. The summed E-state index contributed by atoms with van der Waals surface area (Å²) in [7, 11) is 0. The smallest absolute Gasteiger partial charge is 0.339 e. The largest absolute Gasteiger partial charge is 0.452 e. The van der Waals surface area contributed by atoms with Crippen LogP contribution in [0.5, 0.6) is 0 Å². The van der Waals surface area contributed by atoms with Crippen LogP contribution >= 0.6 is 0 Å². The summed E-state index contributed by atoms with van der Waals surface area (Å²) in [4.78, 5) is 29.2. The Balaban J connectivity index is 1.57. The van der Waals surface area contributed by atoms with E-state index in [1.165, 1.54) is 0 Å². The first kappa shape index (κ1) is 18.4. The van der Waals surface area contributed by atoms with Gasteiger partial charge < -0.3 is 19.1 Å². The van der Waals surface area contributed by atoms with E-state index in [4.69, 9.17) is 13.8 Å². The van der Waals surface area contributed by atoms with Crippen LogP contribution in [0.3, 0.4) is 0 Å². The molecule has 146 valence electrons. The molecule has 9 nitrogen and oxygen atoms in total. The van der Waals surface area contributed by atoms with E-state index in [9.17, 15) is 9.59 Å². The fraction of sp³-hybridized carbons (Fsp3) is 0.150. The van der Waals surface area contributed by atoms with Crippen LogP contribution in [-0.2, 0) is 9.53 Å². The van der Waals surface area contributed by atoms with Gasteiger partial charge in [0.1, 0.15) is 5.76 Å². The van der Waals surface area contributed by atoms with Gasteiger partial charge >= 0.3 is 5.97 Å². The highest BCUT2D eigenvalue weighted by atomic mass is 16.5. The van der Waals surface area contributed by atoms with Crippen molar-refractivity contribution < 1.29 is 23.4 Å². The lowest BCUT2D eigenvalue weighted by atomic mass is 10.1. The zero-order valence-corrected chi connectivity index (χ0v) is 15.6. The van der Waals surface area contributed by atoms with E-state index in [-0.39, 0.29) is 17.1 Å². The lowest BCUT2D eigenvalue weighted by molar-refractivity contribution is -0.119. The van der Waals surface area contributed by atoms with E-state index in [0.717, 1.165) is 5.56 Å². The molecular formula is C20H16N4O5. The molecule has 3 heterocycles. The van der Waals surface area contributed by atoms with Crippen molar-refractivity contribution in [1.29, 1.82) is 0 Å². The Labute approximate surface area is 164 Å². The predicted octanol–water partition coefficient (Wildman–Crippen LogP) is 3.29. The summed E-state index contributed by atoms with van der Waals surface area (Å²) >= 11 is 0. The van der Waals surface area contributed by atoms with E-state index in [1.54, 1.807) is 26.0 Å². The van der Waals surface area contributed by atoms with E-state index in [2.05, 4.69) is 20.6 Å². The van der Waals surface area contributed by atoms with Gasteiger partial charge in [-0.25, -0.2) is 9.78 Å². The fourth-order valence-electron chi connectivity index (χ4n) is 2.83. The number of nitrogens with zero attached hydrogens (tertiary/aromatic N) is 3. The molecule has 9 heteroatoms. The Morgan fingerprint density at radius 2 is 1.86 bits per heavy atom. The number of nitrogens with one attached hydrogen (secondary N) is 1. The third kappa shape index (κ3) is 3.84. The number of aromatic nitrogens is 3. The van der Waals surface area contributed by atoms with Gasteiger partial charge in [-0.15, -0.1) is 0 Å². The Morgan fingerprint density at radius 1 is 1.07 bits per heavy atom. The van der Waals surface area contributed by atoms with Crippen LogP contribution in [0.25, 0.3) is 22.4 Å². The summed E-state index contributed by atoms with van der Waals surface area (Å²) < 4.78 is 15.3. The van der Waals surface area contributed by atoms with Crippen molar-refractivity contribution >= 4 is 28.8 Å². The number of ether oxygens (including phenoxy) is 1. The molecule has 3 aromatic heterocycles.